The average Bonchev–Trinajstić information content (AvgIpc) is 3.42. The summed E-state index contributed by atoms with van der Waals surface area (Å²) in [5.41, 5.74) is 3.08. The maximum Gasteiger partial charge on any atom is 0.336 e. The molecule has 0 fully saturated rings. The van der Waals surface area contributed by atoms with Gasteiger partial charge < -0.3 is 10.1 Å². The first-order chi connectivity index (χ1) is 14.9. The van der Waals surface area contributed by atoms with Crippen molar-refractivity contribution in [1.29, 1.82) is 0 Å². The number of Topliss-reactive ketones (excluding diaryl/α,β-unsaturated/α-hetero) is 1. The standard InChI is InChI=1S/C25H29NO3S2/c1-5-17-8-9-21(31-17)24-22(25(28)29-13-14(2)3)15(4)26-18-11-16(12-19(27)23(18)24)20-7-6-10-30-20/h6-10,14,16,24,26H,5,11-13H2,1-4H3/t16-,24-/m0/s1. The molecule has 2 aliphatic rings. The Morgan fingerprint density at radius 2 is 2.03 bits per heavy atom. The fraction of sp³-hybridized carbons (Fsp3) is 0.440. The molecule has 0 amide bonds. The van der Waals surface area contributed by atoms with Crippen molar-refractivity contribution in [3.05, 3.63) is 66.8 Å². The molecule has 2 atom stereocenters. The minimum Gasteiger partial charge on any atom is -0.462 e. The molecule has 0 saturated carbocycles. The molecule has 0 bridgehead atoms. The number of carbonyl (C=O) groups is 2. The lowest BCUT2D eigenvalue weighted by Crippen LogP contribution is -2.36. The van der Waals surface area contributed by atoms with E-state index in [1.165, 1.54) is 9.75 Å². The van der Waals surface area contributed by atoms with Crippen molar-refractivity contribution in [2.45, 2.75) is 58.8 Å². The number of allylic oxidation sites excluding steroid dienone is 3. The van der Waals surface area contributed by atoms with E-state index in [1.807, 2.05) is 26.8 Å². The fourth-order valence-electron chi connectivity index (χ4n) is 4.38. The number of esters is 1. The van der Waals surface area contributed by atoms with E-state index in [2.05, 4.69) is 35.8 Å². The summed E-state index contributed by atoms with van der Waals surface area (Å²) in [7, 11) is 0. The summed E-state index contributed by atoms with van der Waals surface area (Å²) in [5.74, 6) is -0.0970. The highest BCUT2D eigenvalue weighted by Crippen LogP contribution is 2.47. The number of dihydropyridines is 1. The van der Waals surface area contributed by atoms with E-state index < -0.39 is 0 Å². The lowest BCUT2D eigenvalue weighted by Gasteiger charge is -2.36. The fourth-order valence-corrected chi connectivity index (χ4v) is 6.28. The molecule has 1 aliphatic carbocycles. The lowest BCUT2D eigenvalue weighted by atomic mass is 9.74. The van der Waals surface area contributed by atoms with Crippen LogP contribution in [0, 0.1) is 5.92 Å². The molecule has 0 aromatic carbocycles. The van der Waals surface area contributed by atoms with Crippen LogP contribution in [0.15, 0.2) is 52.2 Å². The molecule has 0 unspecified atom stereocenters. The molecule has 1 N–H and O–H groups in total. The predicted octanol–water partition coefficient (Wildman–Crippen LogP) is 5.93. The number of hydrogen-bond acceptors (Lipinski definition) is 6. The van der Waals surface area contributed by atoms with Crippen molar-refractivity contribution >= 4 is 34.4 Å². The van der Waals surface area contributed by atoms with Crippen LogP contribution in [0.5, 0.6) is 0 Å². The molecule has 164 valence electrons. The number of hydrogen-bond donors (Lipinski definition) is 1. The Bertz CT molecular complexity index is 1040. The number of rotatable bonds is 6. The summed E-state index contributed by atoms with van der Waals surface area (Å²) in [6.45, 7) is 8.46. The largest absolute Gasteiger partial charge is 0.462 e. The average molecular weight is 456 g/mol. The van der Waals surface area contributed by atoms with Gasteiger partial charge in [0, 0.05) is 43.9 Å². The molecule has 0 radical (unpaired) electrons. The van der Waals surface area contributed by atoms with E-state index >= 15 is 0 Å². The van der Waals surface area contributed by atoms with Crippen molar-refractivity contribution in [2.75, 3.05) is 6.61 Å². The van der Waals surface area contributed by atoms with Crippen molar-refractivity contribution in [2.24, 2.45) is 5.92 Å². The molecule has 0 saturated heterocycles. The second-order valence-electron chi connectivity index (χ2n) is 8.68. The number of aryl methyl sites for hydroxylation is 1. The van der Waals surface area contributed by atoms with E-state index in [9.17, 15) is 9.59 Å². The summed E-state index contributed by atoms with van der Waals surface area (Å²) in [5, 5.41) is 5.49. The quantitative estimate of drug-likeness (QED) is 0.548. The molecule has 4 nitrogen and oxygen atoms in total. The summed E-state index contributed by atoms with van der Waals surface area (Å²) in [6.07, 6.45) is 2.21. The Balaban J connectivity index is 1.75. The highest BCUT2D eigenvalue weighted by molar-refractivity contribution is 7.12. The first kappa shape index (κ1) is 22.0. The topological polar surface area (TPSA) is 55.4 Å². The van der Waals surface area contributed by atoms with Crippen LogP contribution < -0.4 is 5.32 Å². The Hall–Kier alpha value is -2.18. The van der Waals surface area contributed by atoms with Gasteiger partial charge in [0.2, 0.25) is 0 Å². The maximum absolute atomic E-state index is 13.5. The van der Waals surface area contributed by atoms with Crippen molar-refractivity contribution < 1.29 is 14.3 Å². The molecule has 6 heteroatoms. The van der Waals surface area contributed by atoms with E-state index in [-0.39, 0.29) is 29.5 Å². The second kappa shape index (κ2) is 9.13. The number of thiophene rings is 2. The smallest absolute Gasteiger partial charge is 0.336 e. The Kier molecular flexibility index (Phi) is 6.49. The third-order valence-electron chi connectivity index (χ3n) is 5.86. The van der Waals surface area contributed by atoms with E-state index in [0.29, 0.717) is 18.6 Å². The van der Waals surface area contributed by atoms with Gasteiger partial charge in [-0.3, -0.25) is 4.79 Å². The Morgan fingerprint density at radius 3 is 2.68 bits per heavy atom. The third kappa shape index (κ3) is 4.41. The predicted molar refractivity (Wildman–Crippen MR) is 126 cm³/mol. The van der Waals surface area contributed by atoms with Crippen LogP contribution in [0.4, 0.5) is 0 Å². The Morgan fingerprint density at radius 1 is 1.23 bits per heavy atom. The molecule has 3 heterocycles. The van der Waals surface area contributed by atoms with Gasteiger partial charge in [-0.15, -0.1) is 22.7 Å². The monoisotopic (exact) mass is 455 g/mol. The summed E-state index contributed by atoms with van der Waals surface area (Å²) in [6, 6.07) is 8.33. The molecule has 31 heavy (non-hydrogen) atoms. The van der Waals surface area contributed by atoms with Crippen molar-refractivity contribution in [3.63, 3.8) is 0 Å². The number of ketones is 1. The van der Waals surface area contributed by atoms with Crippen LogP contribution in [0.25, 0.3) is 0 Å². The summed E-state index contributed by atoms with van der Waals surface area (Å²) < 4.78 is 5.63. The lowest BCUT2D eigenvalue weighted by molar-refractivity contribution is -0.140. The summed E-state index contributed by atoms with van der Waals surface area (Å²) in [4.78, 5) is 30.2. The molecule has 0 spiro atoms. The van der Waals surface area contributed by atoms with Gasteiger partial charge in [-0.2, -0.15) is 0 Å². The second-order valence-corrected chi connectivity index (χ2v) is 10.9. The van der Waals surface area contributed by atoms with Crippen LogP contribution in [0.3, 0.4) is 0 Å². The van der Waals surface area contributed by atoms with Gasteiger partial charge in [0.1, 0.15) is 0 Å². The zero-order valence-electron chi connectivity index (χ0n) is 18.5. The molecule has 2 aromatic rings. The first-order valence-corrected chi connectivity index (χ1v) is 12.6. The van der Waals surface area contributed by atoms with Gasteiger partial charge in [0.15, 0.2) is 5.78 Å². The van der Waals surface area contributed by atoms with E-state index in [4.69, 9.17) is 4.74 Å². The third-order valence-corrected chi connectivity index (χ3v) is 8.19. The molecule has 2 aromatic heterocycles. The van der Waals surface area contributed by atoms with Gasteiger partial charge >= 0.3 is 5.97 Å². The summed E-state index contributed by atoms with van der Waals surface area (Å²) >= 11 is 3.39. The van der Waals surface area contributed by atoms with Crippen LogP contribution >= 0.6 is 22.7 Å². The van der Waals surface area contributed by atoms with Gasteiger partial charge in [-0.25, -0.2) is 4.79 Å². The van der Waals surface area contributed by atoms with Crippen LogP contribution in [-0.2, 0) is 20.7 Å². The van der Waals surface area contributed by atoms with Gasteiger partial charge in [0.05, 0.1) is 18.1 Å². The number of ether oxygens (including phenoxy) is 1. The van der Waals surface area contributed by atoms with Crippen molar-refractivity contribution in [3.8, 4) is 0 Å². The zero-order valence-corrected chi connectivity index (χ0v) is 20.1. The normalized spacial score (nSPS) is 21.4. The SMILES string of the molecule is CCc1ccc([C@H]2C(C(=O)OCC(C)C)=C(C)NC3=C2C(=O)C[C@@H](c2cccs2)C3)s1. The minimum atomic E-state index is -0.349. The highest BCUT2D eigenvalue weighted by Gasteiger charge is 2.42. The van der Waals surface area contributed by atoms with Gasteiger partial charge in [-0.1, -0.05) is 26.8 Å². The van der Waals surface area contributed by atoms with E-state index in [0.717, 1.165) is 34.7 Å². The zero-order chi connectivity index (χ0) is 22.1. The van der Waals surface area contributed by atoms with Crippen LogP contribution in [-0.4, -0.2) is 18.4 Å². The highest BCUT2D eigenvalue weighted by atomic mass is 32.1. The molecule has 1 aliphatic heterocycles. The van der Waals surface area contributed by atoms with Crippen molar-refractivity contribution in [1.82, 2.24) is 5.32 Å². The first-order valence-electron chi connectivity index (χ1n) is 10.9. The number of nitrogens with one attached hydrogen (secondary N) is 1. The molecular weight excluding hydrogens is 426 g/mol. The molecule has 4 rings (SSSR count). The maximum atomic E-state index is 13.5. The van der Waals surface area contributed by atoms with E-state index in [1.54, 1.807) is 22.7 Å². The number of carbonyl (C=O) groups excluding carboxylic acids is 2. The van der Waals surface area contributed by atoms with Gasteiger partial charge in [-0.05, 0) is 49.3 Å². The minimum absolute atomic E-state index is 0.130. The van der Waals surface area contributed by atoms with Gasteiger partial charge in [0.25, 0.3) is 0 Å². The Labute approximate surface area is 192 Å². The van der Waals surface area contributed by atoms with Crippen LogP contribution in [0.2, 0.25) is 0 Å². The molecular formula is C25H29NO3S2. The van der Waals surface area contributed by atoms with Crippen LogP contribution in [0.1, 0.15) is 67.0 Å².